The third-order valence-corrected chi connectivity index (χ3v) is 6.25. The number of hydrogen-bond donors (Lipinski definition) is 3. The summed E-state index contributed by atoms with van der Waals surface area (Å²) in [6.45, 7) is -0.544. The predicted octanol–water partition coefficient (Wildman–Crippen LogP) is -1.60. The molecule has 1 aliphatic rings. The van der Waals surface area contributed by atoms with Crippen LogP contribution in [-0.2, 0) is 19.9 Å². The molecule has 1 fully saturated rings. The van der Waals surface area contributed by atoms with Crippen molar-refractivity contribution in [3.05, 3.63) is 18.2 Å². The van der Waals surface area contributed by atoms with Gasteiger partial charge in [0.05, 0.1) is 22.8 Å². The quantitative estimate of drug-likeness (QED) is 0.565. The van der Waals surface area contributed by atoms with E-state index in [9.17, 15) is 27.0 Å². The average molecular weight is 336 g/mol. The molecule has 0 spiro atoms. The van der Waals surface area contributed by atoms with Gasteiger partial charge in [-0.05, 0) is 18.2 Å². The minimum absolute atomic E-state index is 0.0988. The lowest BCUT2D eigenvalue weighted by Gasteiger charge is -2.17. The van der Waals surface area contributed by atoms with Gasteiger partial charge in [-0.2, -0.15) is 4.31 Å². The summed E-state index contributed by atoms with van der Waals surface area (Å²) >= 11 is 0. The summed E-state index contributed by atoms with van der Waals surface area (Å²) in [6.07, 6.45) is -1.41. The van der Waals surface area contributed by atoms with Gasteiger partial charge in [0, 0.05) is 19.3 Å². The summed E-state index contributed by atoms with van der Waals surface area (Å²) in [5, 5.41) is 18.9. The van der Waals surface area contributed by atoms with Crippen LogP contribution in [0.2, 0.25) is 0 Å². The molecule has 1 saturated heterocycles. The van der Waals surface area contributed by atoms with Gasteiger partial charge in [0.1, 0.15) is 4.90 Å². The van der Waals surface area contributed by atoms with Crippen LogP contribution in [0.15, 0.2) is 28.0 Å². The number of aliphatic hydroxyl groups is 2. The Hall–Kier alpha value is -1.20. The summed E-state index contributed by atoms with van der Waals surface area (Å²) in [4.78, 5) is -0.526. The lowest BCUT2D eigenvalue weighted by Crippen LogP contribution is -2.30. The average Bonchev–Trinajstić information content (AvgIpc) is 2.69. The van der Waals surface area contributed by atoms with Crippen molar-refractivity contribution in [3.8, 4) is 0 Å². The van der Waals surface area contributed by atoms with Crippen LogP contribution in [0, 0.1) is 0 Å². The molecule has 1 aliphatic heterocycles. The van der Waals surface area contributed by atoms with E-state index in [1.165, 1.54) is 12.1 Å². The van der Waals surface area contributed by atoms with Crippen LogP contribution in [0.1, 0.15) is 0 Å². The maximum absolute atomic E-state index is 12.5. The van der Waals surface area contributed by atoms with Crippen molar-refractivity contribution < 1.29 is 27.0 Å². The van der Waals surface area contributed by atoms with Crippen molar-refractivity contribution in [1.82, 2.24) is 4.31 Å². The summed E-state index contributed by atoms with van der Waals surface area (Å²) < 4.78 is 48.8. The van der Waals surface area contributed by atoms with Crippen molar-refractivity contribution in [3.63, 3.8) is 0 Å². The van der Waals surface area contributed by atoms with Crippen LogP contribution in [0.4, 0.5) is 5.69 Å². The molecule has 21 heavy (non-hydrogen) atoms. The van der Waals surface area contributed by atoms with E-state index < -0.39 is 32.1 Å². The molecule has 1 heterocycles. The second-order valence-electron chi connectivity index (χ2n) is 4.93. The third kappa shape index (κ3) is 3.04. The first-order valence-corrected chi connectivity index (χ1v) is 9.32. The molecule has 2 rings (SSSR count). The molecule has 0 radical (unpaired) electrons. The van der Waals surface area contributed by atoms with Gasteiger partial charge in [0.25, 0.3) is 0 Å². The van der Waals surface area contributed by atoms with E-state index in [1.54, 1.807) is 0 Å². The van der Waals surface area contributed by atoms with Crippen LogP contribution in [0.25, 0.3) is 0 Å². The standard InChI is InChI=1S/C11H16N2O6S2/c1-20(16,17)7-2-3-8(12)11(4-7)21(18,19)13-5-9(14)10(15)6-13/h2-4,9-10,14-15H,5-6,12H2,1H3. The molecule has 0 bridgehead atoms. The zero-order valence-electron chi connectivity index (χ0n) is 11.2. The second kappa shape index (κ2) is 5.21. The number of nitrogen functional groups attached to an aromatic ring is 1. The highest BCUT2D eigenvalue weighted by Crippen LogP contribution is 2.28. The van der Waals surface area contributed by atoms with E-state index in [0.29, 0.717) is 0 Å². The van der Waals surface area contributed by atoms with Crippen molar-refractivity contribution in [2.75, 3.05) is 25.1 Å². The molecular formula is C11H16N2O6S2. The maximum Gasteiger partial charge on any atom is 0.245 e. The van der Waals surface area contributed by atoms with Crippen molar-refractivity contribution in [1.29, 1.82) is 0 Å². The van der Waals surface area contributed by atoms with E-state index in [2.05, 4.69) is 0 Å². The monoisotopic (exact) mass is 336 g/mol. The third-order valence-electron chi connectivity index (χ3n) is 3.26. The van der Waals surface area contributed by atoms with Crippen LogP contribution in [-0.4, -0.2) is 62.9 Å². The topological polar surface area (TPSA) is 138 Å². The Labute approximate surface area is 122 Å². The van der Waals surface area contributed by atoms with Crippen LogP contribution >= 0.6 is 0 Å². The molecule has 118 valence electrons. The number of hydrogen-bond acceptors (Lipinski definition) is 7. The zero-order valence-corrected chi connectivity index (χ0v) is 12.8. The molecule has 2 atom stereocenters. The van der Waals surface area contributed by atoms with E-state index in [1.807, 2.05) is 0 Å². The van der Waals surface area contributed by atoms with Crippen LogP contribution in [0.5, 0.6) is 0 Å². The van der Waals surface area contributed by atoms with Crippen molar-refractivity contribution in [2.24, 2.45) is 0 Å². The number of nitrogens with two attached hydrogens (primary N) is 1. The Morgan fingerprint density at radius 3 is 2.14 bits per heavy atom. The van der Waals surface area contributed by atoms with Crippen molar-refractivity contribution >= 4 is 25.5 Å². The van der Waals surface area contributed by atoms with E-state index in [4.69, 9.17) is 5.73 Å². The van der Waals surface area contributed by atoms with Crippen LogP contribution < -0.4 is 5.73 Å². The Balaban J connectivity index is 2.50. The minimum atomic E-state index is -4.09. The Kier molecular flexibility index (Phi) is 4.02. The molecule has 0 saturated carbocycles. The van der Waals surface area contributed by atoms with Crippen LogP contribution in [0.3, 0.4) is 0 Å². The highest BCUT2D eigenvalue weighted by atomic mass is 32.2. The lowest BCUT2D eigenvalue weighted by molar-refractivity contribution is 0.0572. The fraction of sp³-hybridized carbons (Fsp3) is 0.455. The number of sulfonamides is 1. The Bertz CT molecular complexity index is 749. The number of benzene rings is 1. The van der Waals surface area contributed by atoms with Gasteiger partial charge in [-0.25, -0.2) is 16.8 Å². The molecule has 2 unspecified atom stereocenters. The summed E-state index contributed by atoms with van der Waals surface area (Å²) in [7, 11) is -7.68. The number of rotatable bonds is 3. The van der Waals surface area contributed by atoms with Gasteiger partial charge in [0.15, 0.2) is 9.84 Å². The number of aliphatic hydroxyl groups excluding tert-OH is 2. The zero-order chi connectivity index (χ0) is 16.0. The predicted molar refractivity (Wildman–Crippen MR) is 74.7 cm³/mol. The number of anilines is 1. The first-order chi connectivity index (χ1) is 9.53. The lowest BCUT2D eigenvalue weighted by atomic mass is 10.3. The maximum atomic E-state index is 12.5. The number of sulfone groups is 1. The van der Waals surface area contributed by atoms with E-state index >= 15 is 0 Å². The summed E-state index contributed by atoms with van der Waals surface area (Å²) in [6, 6.07) is 3.40. The fourth-order valence-corrected chi connectivity index (χ4v) is 4.38. The first-order valence-electron chi connectivity index (χ1n) is 5.99. The molecule has 10 heteroatoms. The molecule has 4 N–H and O–H groups in total. The van der Waals surface area contributed by atoms with Gasteiger partial charge in [-0.3, -0.25) is 0 Å². The first kappa shape index (κ1) is 16.2. The van der Waals surface area contributed by atoms with Gasteiger partial charge in [0.2, 0.25) is 10.0 Å². The van der Waals surface area contributed by atoms with E-state index in [-0.39, 0.29) is 28.6 Å². The highest BCUT2D eigenvalue weighted by molar-refractivity contribution is 7.91. The summed E-state index contributed by atoms with van der Waals surface area (Å²) in [5.74, 6) is 0. The molecule has 1 aromatic carbocycles. The molecule has 0 aromatic heterocycles. The highest BCUT2D eigenvalue weighted by Gasteiger charge is 2.38. The molecule has 8 nitrogen and oxygen atoms in total. The van der Waals surface area contributed by atoms with Gasteiger partial charge < -0.3 is 15.9 Å². The Morgan fingerprint density at radius 2 is 1.67 bits per heavy atom. The number of nitrogens with zero attached hydrogens (tertiary/aromatic N) is 1. The van der Waals surface area contributed by atoms with Gasteiger partial charge >= 0.3 is 0 Å². The molecular weight excluding hydrogens is 320 g/mol. The molecule has 0 amide bonds. The smallest absolute Gasteiger partial charge is 0.245 e. The fourth-order valence-electron chi connectivity index (χ4n) is 2.04. The largest absolute Gasteiger partial charge is 0.398 e. The van der Waals surface area contributed by atoms with Crippen molar-refractivity contribution in [2.45, 2.75) is 22.0 Å². The van der Waals surface area contributed by atoms with Gasteiger partial charge in [-0.1, -0.05) is 0 Å². The Morgan fingerprint density at radius 1 is 1.14 bits per heavy atom. The molecule has 0 aliphatic carbocycles. The van der Waals surface area contributed by atoms with Gasteiger partial charge in [-0.15, -0.1) is 0 Å². The normalized spacial score (nSPS) is 24.3. The number of β-amino-alcohol motifs (C(OH)–C–C–N with tert-alkyl or cyclic N) is 2. The SMILES string of the molecule is CS(=O)(=O)c1ccc(N)c(S(=O)(=O)N2CC(O)C(O)C2)c1. The van der Waals surface area contributed by atoms with E-state index in [0.717, 1.165) is 16.6 Å². The molecule has 1 aromatic rings. The second-order valence-corrected chi connectivity index (χ2v) is 8.85. The minimum Gasteiger partial charge on any atom is -0.398 e. The summed E-state index contributed by atoms with van der Waals surface area (Å²) in [5.41, 5.74) is 5.53.